The van der Waals surface area contributed by atoms with Gasteiger partial charge >= 0.3 is 0 Å². The highest BCUT2D eigenvalue weighted by Crippen LogP contribution is 2.35. The van der Waals surface area contributed by atoms with Crippen LogP contribution in [0.2, 0.25) is 0 Å². The summed E-state index contributed by atoms with van der Waals surface area (Å²) in [5.41, 5.74) is 2.67. The van der Waals surface area contributed by atoms with Crippen molar-refractivity contribution in [2.24, 2.45) is 5.92 Å². The van der Waals surface area contributed by atoms with Crippen molar-refractivity contribution < 1.29 is 9.47 Å². The van der Waals surface area contributed by atoms with E-state index in [1.165, 1.54) is 11.1 Å². The zero-order valence-corrected chi connectivity index (χ0v) is 12.9. The fourth-order valence-corrected chi connectivity index (χ4v) is 3.01. The molecule has 112 valence electrons. The third-order valence-corrected chi connectivity index (χ3v) is 3.88. The first kappa shape index (κ1) is 15.3. The Balaban J connectivity index is 2.20. The molecule has 1 heterocycles. The second kappa shape index (κ2) is 7.65. The molecule has 1 aromatic rings. The topological polar surface area (TPSA) is 30.5 Å². The van der Waals surface area contributed by atoms with Gasteiger partial charge in [0.2, 0.25) is 0 Å². The molecule has 1 N–H and O–H groups in total. The molecule has 0 bridgehead atoms. The van der Waals surface area contributed by atoms with Crippen molar-refractivity contribution in [2.45, 2.75) is 39.2 Å². The minimum Gasteiger partial charge on any atom is -0.493 e. The van der Waals surface area contributed by atoms with E-state index in [1.54, 1.807) is 7.11 Å². The van der Waals surface area contributed by atoms with Gasteiger partial charge in [0, 0.05) is 25.3 Å². The molecule has 1 aliphatic heterocycles. The molecular weight excluding hydrogens is 250 g/mol. The van der Waals surface area contributed by atoms with Crippen molar-refractivity contribution >= 4 is 0 Å². The van der Waals surface area contributed by atoms with Crippen LogP contribution in [0.5, 0.6) is 5.75 Å². The number of hydrogen-bond donors (Lipinski definition) is 1. The molecule has 3 nitrogen and oxygen atoms in total. The van der Waals surface area contributed by atoms with E-state index in [0.717, 1.165) is 44.8 Å². The zero-order chi connectivity index (χ0) is 14.4. The number of nitrogens with one attached hydrogen (secondary N) is 1. The fraction of sp³-hybridized carbons (Fsp3) is 0.647. The number of benzene rings is 1. The number of para-hydroxylation sites is 1. The van der Waals surface area contributed by atoms with E-state index in [0.29, 0.717) is 12.0 Å². The van der Waals surface area contributed by atoms with Crippen LogP contribution in [0.15, 0.2) is 18.2 Å². The summed E-state index contributed by atoms with van der Waals surface area (Å²) in [5, 5.41) is 3.60. The number of ether oxygens (including phenoxy) is 2. The molecule has 0 radical (unpaired) electrons. The normalized spacial score (nSPS) is 17.1. The van der Waals surface area contributed by atoms with Gasteiger partial charge in [-0.05, 0) is 37.3 Å². The van der Waals surface area contributed by atoms with Crippen LogP contribution in [0, 0.1) is 5.92 Å². The maximum atomic E-state index is 5.95. The largest absolute Gasteiger partial charge is 0.493 e. The van der Waals surface area contributed by atoms with E-state index in [-0.39, 0.29) is 0 Å². The van der Waals surface area contributed by atoms with Crippen LogP contribution in [0.4, 0.5) is 0 Å². The smallest absolute Gasteiger partial charge is 0.127 e. The van der Waals surface area contributed by atoms with Gasteiger partial charge in [0.25, 0.3) is 0 Å². The zero-order valence-electron chi connectivity index (χ0n) is 12.9. The van der Waals surface area contributed by atoms with Crippen molar-refractivity contribution in [1.82, 2.24) is 5.32 Å². The molecule has 3 heteroatoms. The molecule has 1 aromatic carbocycles. The van der Waals surface area contributed by atoms with E-state index < -0.39 is 0 Å². The second-order valence-electron chi connectivity index (χ2n) is 5.69. The molecule has 0 aromatic heterocycles. The number of hydrogen-bond acceptors (Lipinski definition) is 3. The van der Waals surface area contributed by atoms with Gasteiger partial charge in [-0.15, -0.1) is 0 Å². The predicted octanol–water partition coefficient (Wildman–Crippen LogP) is 3.33. The summed E-state index contributed by atoms with van der Waals surface area (Å²) >= 11 is 0. The first-order valence-electron chi connectivity index (χ1n) is 7.73. The molecule has 2 rings (SSSR count). The maximum absolute atomic E-state index is 5.95. The molecule has 0 fully saturated rings. The molecule has 0 aliphatic carbocycles. The summed E-state index contributed by atoms with van der Waals surface area (Å²) in [4.78, 5) is 0. The SMILES string of the molecule is CCNC(CC(C)COC)c1cccc2c1OCCC2. The van der Waals surface area contributed by atoms with Gasteiger partial charge in [-0.1, -0.05) is 32.0 Å². The van der Waals surface area contributed by atoms with Crippen LogP contribution >= 0.6 is 0 Å². The van der Waals surface area contributed by atoms with Gasteiger partial charge < -0.3 is 14.8 Å². The van der Waals surface area contributed by atoms with Gasteiger partial charge in [0.15, 0.2) is 0 Å². The Bertz CT molecular complexity index is 419. The summed E-state index contributed by atoms with van der Waals surface area (Å²) in [5.74, 6) is 1.65. The van der Waals surface area contributed by atoms with Gasteiger partial charge in [-0.25, -0.2) is 0 Å². The standard InChI is InChI=1S/C17H27NO2/c1-4-18-16(11-13(2)12-19-3)15-9-5-7-14-8-6-10-20-17(14)15/h5,7,9,13,16,18H,4,6,8,10-12H2,1-3H3. The minimum absolute atomic E-state index is 0.346. The van der Waals surface area contributed by atoms with Crippen LogP contribution in [-0.2, 0) is 11.2 Å². The highest BCUT2D eigenvalue weighted by atomic mass is 16.5. The van der Waals surface area contributed by atoms with Crippen LogP contribution < -0.4 is 10.1 Å². The lowest BCUT2D eigenvalue weighted by molar-refractivity contribution is 0.149. The lowest BCUT2D eigenvalue weighted by atomic mass is 9.92. The Morgan fingerprint density at radius 3 is 3.00 bits per heavy atom. The molecular formula is C17H27NO2. The summed E-state index contributed by atoms with van der Waals surface area (Å²) in [6.07, 6.45) is 3.33. The fourth-order valence-electron chi connectivity index (χ4n) is 3.01. The molecule has 20 heavy (non-hydrogen) atoms. The summed E-state index contributed by atoms with van der Waals surface area (Å²) in [7, 11) is 1.77. The highest BCUT2D eigenvalue weighted by Gasteiger charge is 2.22. The number of fused-ring (bicyclic) bond motifs is 1. The first-order valence-corrected chi connectivity index (χ1v) is 7.73. The molecule has 0 spiro atoms. The molecule has 1 aliphatic rings. The second-order valence-corrected chi connectivity index (χ2v) is 5.69. The summed E-state index contributed by atoms with van der Waals surface area (Å²) in [6, 6.07) is 6.91. The molecule has 0 saturated heterocycles. The maximum Gasteiger partial charge on any atom is 0.127 e. The van der Waals surface area contributed by atoms with Crippen molar-refractivity contribution in [1.29, 1.82) is 0 Å². The number of aryl methyl sites for hydroxylation is 1. The van der Waals surface area contributed by atoms with Gasteiger partial charge in [-0.2, -0.15) is 0 Å². The molecule has 2 unspecified atom stereocenters. The molecule has 0 saturated carbocycles. The van der Waals surface area contributed by atoms with Crippen molar-refractivity contribution in [3.05, 3.63) is 29.3 Å². The first-order chi connectivity index (χ1) is 9.76. The van der Waals surface area contributed by atoms with E-state index in [4.69, 9.17) is 9.47 Å². The third-order valence-electron chi connectivity index (χ3n) is 3.88. The van der Waals surface area contributed by atoms with Gasteiger partial charge in [0.05, 0.1) is 6.61 Å². The number of methoxy groups -OCH3 is 1. The lowest BCUT2D eigenvalue weighted by Gasteiger charge is -2.27. The van der Waals surface area contributed by atoms with E-state index in [9.17, 15) is 0 Å². The van der Waals surface area contributed by atoms with Crippen molar-refractivity contribution in [3.8, 4) is 5.75 Å². The number of rotatable bonds is 7. The van der Waals surface area contributed by atoms with E-state index >= 15 is 0 Å². The Labute approximate surface area is 122 Å². The monoisotopic (exact) mass is 277 g/mol. The van der Waals surface area contributed by atoms with Crippen LogP contribution in [0.25, 0.3) is 0 Å². The average molecular weight is 277 g/mol. The van der Waals surface area contributed by atoms with Crippen molar-refractivity contribution in [2.75, 3.05) is 26.9 Å². The predicted molar refractivity (Wildman–Crippen MR) is 82.3 cm³/mol. The molecule has 0 amide bonds. The van der Waals surface area contributed by atoms with Crippen LogP contribution in [0.1, 0.15) is 43.9 Å². The van der Waals surface area contributed by atoms with E-state index in [1.807, 2.05) is 0 Å². The molecule has 2 atom stereocenters. The highest BCUT2D eigenvalue weighted by molar-refractivity contribution is 5.44. The lowest BCUT2D eigenvalue weighted by Crippen LogP contribution is -2.25. The van der Waals surface area contributed by atoms with Gasteiger partial charge in [0.1, 0.15) is 5.75 Å². The minimum atomic E-state index is 0.346. The van der Waals surface area contributed by atoms with E-state index in [2.05, 4.69) is 37.4 Å². The summed E-state index contributed by atoms with van der Waals surface area (Å²) in [6.45, 7) is 7.01. The summed E-state index contributed by atoms with van der Waals surface area (Å²) < 4.78 is 11.2. The quantitative estimate of drug-likeness (QED) is 0.829. The van der Waals surface area contributed by atoms with Crippen LogP contribution in [-0.4, -0.2) is 26.9 Å². The Morgan fingerprint density at radius 1 is 1.40 bits per heavy atom. The Hall–Kier alpha value is -1.06. The average Bonchev–Trinajstić information content (AvgIpc) is 2.46. The third kappa shape index (κ3) is 3.74. The van der Waals surface area contributed by atoms with Crippen LogP contribution in [0.3, 0.4) is 0 Å². The Morgan fingerprint density at radius 2 is 2.25 bits per heavy atom. The van der Waals surface area contributed by atoms with Crippen molar-refractivity contribution in [3.63, 3.8) is 0 Å². The Kier molecular flexibility index (Phi) is 5.86. The van der Waals surface area contributed by atoms with Gasteiger partial charge in [-0.3, -0.25) is 0 Å².